The number of methoxy groups -OCH3 is 1. The van der Waals surface area contributed by atoms with E-state index < -0.39 is 10.8 Å². The summed E-state index contributed by atoms with van der Waals surface area (Å²) in [5.41, 5.74) is 2.01. The van der Waals surface area contributed by atoms with Crippen molar-refractivity contribution < 1.29 is 8.95 Å². The molecule has 0 fully saturated rings. The molecule has 24 heavy (non-hydrogen) atoms. The molecular formula is C20H17NO2S. The summed E-state index contributed by atoms with van der Waals surface area (Å²) < 4.78 is 18.9. The van der Waals surface area contributed by atoms with Crippen LogP contribution < -0.4 is 4.74 Å². The largest absolute Gasteiger partial charge is 0.495 e. The van der Waals surface area contributed by atoms with E-state index in [9.17, 15) is 4.21 Å². The highest BCUT2D eigenvalue weighted by molar-refractivity contribution is 7.85. The van der Waals surface area contributed by atoms with Crippen LogP contribution in [-0.4, -0.2) is 16.3 Å². The van der Waals surface area contributed by atoms with Crippen molar-refractivity contribution in [1.29, 1.82) is 0 Å². The van der Waals surface area contributed by atoms with Gasteiger partial charge < -0.3 is 9.72 Å². The zero-order valence-electron chi connectivity index (χ0n) is 13.5. The lowest BCUT2D eigenvalue weighted by atomic mass is 10.1. The number of aromatic nitrogens is 1. The predicted octanol–water partition coefficient (Wildman–Crippen LogP) is 4.80. The normalized spacial score (nSPS) is 12.6. The molecule has 0 amide bonds. The van der Waals surface area contributed by atoms with Gasteiger partial charge in [0, 0.05) is 16.3 Å². The Morgan fingerprint density at radius 3 is 2.38 bits per heavy atom. The minimum Gasteiger partial charge on any atom is -0.495 e. The molecule has 0 radical (unpaired) electrons. The molecule has 0 saturated carbocycles. The van der Waals surface area contributed by atoms with Crippen LogP contribution in [0.2, 0.25) is 0 Å². The Bertz CT molecular complexity index is 1080. The summed E-state index contributed by atoms with van der Waals surface area (Å²) in [5.74, 6) is 0.644. The number of nitrogens with one attached hydrogen (secondary N) is 1. The summed E-state index contributed by atoms with van der Waals surface area (Å²) in [5, 5.41) is 3.83. The lowest BCUT2D eigenvalue weighted by Gasteiger charge is -2.11. The van der Waals surface area contributed by atoms with Crippen molar-refractivity contribution >= 4 is 32.5 Å². The van der Waals surface area contributed by atoms with Crippen LogP contribution >= 0.6 is 0 Å². The third kappa shape index (κ3) is 2.22. The van der Waals surface area contributed by atoms with Crippen LogP contribution in [0.15, 0.2) is 70.6 Å². The van der Waals surface area contributed by atoms with E-state index in [2.05, 4.69) is 4.98 Å². The Morgan fingerprint density at radius 1 is 0.917 bits per heavy atom. The smallest absolute Gasteiger partial charge is 0.136 e. The van der Waals surface area contributed by atoms with Crippen molar-refractivity contribution in [1.82, 2.24) is 4.98 Å². The molecule has 1 atom stereocenters. The summed E-state index contributed by atoms with van der Waals surface area (Å²) in [6.07, 6.45) is 0. The summed E-state index contributed by atoms with van der Waals surface area (Å²) in [7, 11) is 0.256. The molecule has 120 valence electrons. The number of aryl methyl sites for hydroxylation is 1. The van der Waals surface area contributed by atoms with Crippen LogP contribution in [0.25, 0.3) is 21.7 Å². The van der Waals surface area contributed by atoms with Crippen molar-refractivity contribution in [2.75, 3.05) is 7.11 Å². The van der Waals surface area contributed by atoms with E-state index in [0.717, 1.165) is 32.3 Å². The maximum atomic E-state index is 13.4. The average Bonchev–Trinajstić information content (AvgIpc) is 2.97. The number of hydrogen-bond donors (Lipinski definition) is 1. The van der Waals surface area contributed by atoms with Crippen molar-refractivity contribution in [3.05, 3.63) is 66.2 Å². The molecule has 1 heterocycles. The van der Waals surface area contributed by atoms with E-state index in [1.54, 1.807) is 7.11 Å². The van der Waals surface area contributed by atoms with Crippen LogP contribution in [0.1, 0.15) is 5.56 Å². The van der Waals surface area contributed by atoms with Crippen molar-refractivity contribution in [2.45, 2.75) is 16.8 Å². The predicted molar refractivity (Wildman–Crippen MR) is 98.2 cm³/mol. The molecule has 0 aliphatic rings. The Morgan fingerprint density at radius 2 is 1.62 bits per heavy atom. The molecule has 4 aromatic rings. The van der Waals surface area contributed by atoms with Gasteiger partial charge in [-0.3, -0.25) is 0 Å². The number of para-hydroxylation sites is 1. The number of fused-ring (bicyclic) bond motifs is 2. The molecule has 1 N–H and O–H groups in total. The fourth-order valence-corrected chi connectivity index (χ4v) is 4.63. The topological polar surface area (TPSA) is 42.1 Å². The number of benzene rings is 3. The zero-order chi connectivity index (χ0) is 16.7. The van der Waals surface area contributed by atoms with Gasteiger partial charge in [0.15, 0.2) is 0 Å². The second-order valence-electron chi connectivity index (χ2n) is 5.71. The quantitative estimate of drug-likeness (QED) is 0.584. The maximum absolute atomic E-state index is 13.4. The van der Waals surface area contributed by atoms with Crippen molar-refractivity contribution in [2.24, 2.45) is 0 Å². The van der Waals surface area contributed by atoms with E-state index >= 15 is 0 Å². The first-order valence-electron chi connectivity index (χ1n) is 7.75. The summed E-state index contributed by atoms with van der Waals surface area (Å²) in [6, 6.07) is 19.8. The fourth-order valence-electron chi connectivity index (χ4n) is 3.12. The first-order chi connectivity index (χ1) is 11.7. The Hall–Kier alpha value is -2.59. The second kappa shape index (κ2) is 5.80. The molecule has 1 aromatic heterocycles. The minimum atomic E-state index is -1.36. The van der Waals surface area contributed by atoms with Gasteiger partial charge in [-0.15, -0.1) is 0 Å². The second-order valence-corrected chi connectivity index (χ2v) is 7.07. The van der Waals surface area contributed by atoms with Gasteiger partial charge in [-0.25, -0.2) is 4.21 Å². The molecule has 3 nitrogen and oxygen atoms in total. The van der Waals surface area contributed by atoms with E-state index in [-0.39, 0.29) is 0 Å². The van der Waals surface area contributed by atoms with Gasteiger partial charge in [0.25, 0.3) is 0 Å². The first-order valence-corrected chi connectivity index (χ1v) is 8.90. The molecule has 0 aliphatic carbocycles. The molecule has 3 aromatic carbocycles. The number of H-pyrrole nitrogens is 1. The van der Waals surface area contributed by atoms with Gasteiger partial charge in [0.05, 0.1) is 12.0 Å². The van der Waals surface area contributed by atoms with E-state index in [0.29, 0.717) is 10.6 Å². The van der Waals surface area contributed by atoms with Crippen LogP contribution in [0.5, 0.6) is 5.75 Å². The van der Waals surface area contributed by atoms with Crippen LogP contribution in [0, 0.1) is 6.92 Å². The maximum Gasteiger partial charge on any atom is 0.136 e. The molecule has 0 saturated heterocycles. The van der Waals surface area contributed by atoms with E-state index in [4.69, 9.17) is 4.74 Å². The van der Waals surface area contributed by atoms with Crippen LogP contribution in [-0.2, 0) is 10.8 Å². The third-order valence-corrected chi connectivity index (χ3v) is 5.92. The zero-order valence-corrected chi connectivity index (χ0v) is 14.3. The monoisotopic (exact) mass is 335 g/mol. The Balaban J connectivity index is 1.99. The summed E-state index contributed by atoms with van der Waals surface area (Å²) >= 11 is 0. The fraction of sp³-hybridized carbons (Fsp3) is 0.100. The molecule has 4 rings (SSSR count). The highest BCUT2D eigenvalue weighted by Crippen LogP contribution is 2.35. The standard InChI is InChI=1S/C20H17NO2S/c1-13-15-8-5-6-10-17(15)21-20(13)24(22)19-16-9-4-3-7-14(16)11-12-18(19)23-2/h3-12,21H,1-2H3/t24-/m0/s1. The molecule has 0 spiro atoms. The third-order valence-electron chi connectivity index (χ3n) is 4.35. The van der Waals surface area contributed by atoms with Gasteiger partial charge in [0.2, 0.25) is 0 Å². The number of aromatic amines is 1. The number of hydrogen-bond acceptors (Lipinski definition) is 2. The van der Waals surface area contributed by atoms with E-state index in [1.165, 1.54) is 0 Å². The summed E-state index contributed by atoms with van der Waals surface area (Å²) in [6.45, 7) is 2.00. The Kier molecular flexibility index (Phi) is 3.62. The van der Waals surface area contributed by atoms with Crippen molar-refractivity contribution in [3.8, 4) is 5.75 Å². The lowest BCUT2D eigenvalue weighted by Crippen LogP contribution is -2.00. The molecule has 0 bridgehead atoms. The summed E-state index contributed by atoms with van der Waals surface area (Å²) in [4.78, 5) is 4.04. The highest BCUT2D eigenvalue weighted by Gasteiger charge is 2.21. The van der Waals surface area contributed by atoms with Gasteiger partial charge in [-0.05, 0) is 30.0 Å². The number of ether oxygens (including phenoxy) is 1. The van der Waals surface area contributed by atoms with Gasteiger partial charge >= 0.3 is 0 Å². The molecule has 0 unspecified atom stereocenters. The molecule has 0 aliphatic heterocycles. The lowest BCUT2D eigenvalue weighted by molar-refractivity contribution is 0.405. The Labute approximate surface area is 142 Å². The number of rotatable bonds is 3. The highest BCUT2D eigenvalue weighted by atomic mass is 32.2. The molecule has 4 heteroatoms. The minimum absolute atomic E-state index is 0.644. The first kappa shape index (κ1) is 15.0. The SMILES string of the molecule is COc1ccc2ccccc2c1[S@](=O)c1[nH]c2ccccc2c1C. The van der Waals surface area contributed by atoms with Crippen molar-refractivity contribution in [3.63, 3.8) is 0 Å². The van der Waals surface area contributed by atoms with Crippen LogP contribution in [0.3, 0.4) is 0 Å². The van der Waals surface area contributed by atoms with Gasteiger partial charge in [-0.2, -0.15) is 0 Å². The van der Waals surface area contributed by atoms with E-state index in [1.807, 2.05) is 67.6 Å². The average molecular weight is 335 g/mol. The van der Waals surface area contributed by atoms with Gasteiger partial charge in [-0.1, -0.05) is 48.5 Å². The molecular weight excluding hydrogens is 318 g/mol. The van der Waals surface area contributed by atoms with Crippen LogP contribution in [0.4, 0.5) is 0 Å². The van der Waals surface area contributed by atoms with Gasteiger partial charge in [0.1, 0.15) is 21.6 Å².